The summed E-state index contributed by atoms with van der Waals surface area (Å²) in [7, 11) is 2.82. The highest BCUT2D eigenvalue weighted by Gasteiger charge is 2.38. The van der Waals surface area contributed by atoms with E-state index in [2.05, 4.69) is 20.5 Å². The summed E-state index contributed by atoms with van der Waals surface area (Å²) in [6.45, 7) is 3.66. The normalized spacial score (nSPS) is 18.5. The summed E-state index contributed by atoms with van der Waals surface area (Å²) in [5.41, 5.74) is 1.83. The Balaban J connectivity index is 1.43. The Bertz CT molecular complexity index is 1130. The molecule has 2 atom stereocenters. The van der Waals surface area contributed by atoms with E-state index >= 15 is 0 Å². The Morgan fingerprint density at radius 1 is 1.24 bits per heavy atom. The van der Waals surface area contributed by atoms with Crippen LogP contribution in [0.25, 0.3) is 0 Å². The van der Waals surface area contributed by atoms with Crippen molar-refractivity contribution < 1.29 is 23.9 Å². The van der Waals surface area contributed by atoms with E-state index in [9.17, 15) is 19.2 Å². The zero-order valence-electron chi connectivity index (χ0n) is 19.4. The van der Waals surface area contributed by atoms with Crippen LogP contribution in [0.4, 0.5) is 5.82 Å². The number of amides is 3. The predicted octanol–water partition coefficient (Wildman–Crippen LogP) is 0.992. The van der Waals surface area contributed by atoms with E-state index in [-0.39, 0.29) is 18.0 Å². The molecule has 2 aliphatic heterocycles. The van der Waals surface area contributed by atoms with Gasteiger partial charge in [-0.15, -0.1) is 0 Å². The minimum atomic E-state index is -0.808. The van der Waals surface area contributed by atoms with E-state index in [1.807, 2.05) is 29.3 Å². The summed E-state index contributed by atoms with van der Waals surface area (Å²) in [5.74, 6) is -1.98. The first-order valence-corrected chi connectivity index (χ1v) is 11.1. The molecule has 0 saturated carbocycles. The lowest BCUT2D eigenvalue weighted by Crippen LogP contribution is -2.46. The summed E-state index contributed by atoms with van der Waals surface area (Å²) in [6.07, 6.45) is 0.778. The van der Waals surface area contributed by atoms with Crippen LogP contribution in [0.15, 0.2) is 30.3 Å². The third kappa shape index (κ3) is 4.65. The zero-order valence-corrected chi connectivity index (χ0v) is 19.4. The minimum absolute atomic E-state index is 0.0626. The highest BCUT2D eigenvalue weighted by atomic mass is 16.5. The van der Waals surface area contributed by atoms with Crippen molar-refractivity contribution in [2.24, 2.45) is 13.0 Å². The van der Waals surface area contributed by atoms with Gasteiger partial charge in [0.2, 0.25) is 11.8 Å². The second kappa shape index (κ2) is 9.64. The molecule has 3 heterocycles. The molecular formula is C23H28N6O5. The van der Waals surface area contributed by atoms with Gasteiger partial charge in [0, 0.05) is 45.1 Å². The van der Waals surface area contributed by atoms with E-state index in [1.54, 1.807) is 19.0 Å². The third-order valence-electron chi connectivity index (χ3n) is 6.12. The van der Waals surface area contributed by atoms with Gasteiger partial charge in [-0.05, 0) is 17.5 Å². The maximum absolute atomic E-state index is 13.3. The number of carbonyl (C=O) groups excluding carboxylic acids is 4. The molecule has 1 fully saturated rings. The molecule has 3 amide bonds. The number of rotatable bonds is 6. The monoisotopic (exact) mass is 468 g/mol. The van der Waals surface area contributed by atoms with Crippen LogP contribution in [0.3, 0.4) is 0 Å². The van der Waals surface area contributed by atoms with Crippen LogP contribution in [-0.4, -0.2) is 63.7 Å². The maximum atomic E-state index is 13.3. The number of methoxy groups -OCH3 is 1. The van der Waals surface area contributed by atoms with Gasteiger partial charge in [0.25, 0.3) is 5.91 Å². The van der Waals surface area contributed by atoms with Gasteiger partial charge in [-0.25, -0.2) is 9.80 Å². The Kier molecular flexibility index (Phi) is 6.64. The lowest BCUT2D eigenvalue weighted by Gasteiger charge is -2.28. The molecule has 1 aromatic carbocycles. The molecule has 0 radical (unpaired) electrons. The van der Waals surface area contributed by atoms with Crippen molar-refractivity contribution in [2.45, 2.75) is 32.4 Å². The van der Waals surface area contributed by atoms with Crippen molar-refractivity contribution in [3.8, 4) is 0 Å². The van der Waals surface area contributed by atoms with Crippen molar-refractivity contribution in [3.63, 3.8) is 0 Å². The first-order chi connectivity index (χ1) is 16.3. The van der Waals surface area contributed by atoms with Gasteiger partial charge >= 0.3 is 5.97 Å². The maximum Gasteiger partial charge on any atom is 0.358 e. The number of fused-ring (bicyclic) bond motifs is 2. The topological polar surface area (TPSA) is 126 Å². The number of aryl methyl sites for hydroxylation is 1. The number of aromatic nitrogens is 2. The Labute approximate surface area is 197 Å². The van der Waals surface area contributed by atoms with Crippen LogP contribution in [-0.2, 0) is 32.7 Å². The molecule has 4 rings (SSSR count). The molecule has 0 unspecified atom stereocenters. The summed E-state index contributed by atoms with van der Waals surface area (Å²) in [6, 6.07) is 8.20. The highest BCUT2D eigenvalue weighted by molar-refractivity contribution is 5.96. The predicted molar refractivity (Wildman–Crippen MR) is 121 cm³/mol. The van der Waals surface area contributed by atoms with E-state index in [0.29, 0.717) is 18.9 Å². The molecule has 11 nitrogen and oxygen atoms in total. The molecule has 2 aliphatic rings. The van der Waals surface area contributed by atoms with E-state index in [4.69, 9.17) is 0 Å². The van der Waals surface area contributed by atoms with Crippen LogP contribution in [0.5, 0.6) is 0 Å². The number of anilines is 1. The average molecular weight is 469 g/mol. The number of nitrogens with one attached hydrogen (secondary N) is 2. The van der Waals surface area contributed by atoms with E-state index in [1.165, 1.54) is 17.9 Å². The third-order valence-corrected chi connectivity index (χ3v) is 6.12. The van der Waals surface area contributed by atoms with Crippen molar-refractivity contribution >= 4 is 29.5 Å². The van der Waals surface area contributed by atoms with Crippen molar-refractivity contribution in [3.05, 3.63) is 47.2 Å². The number of ether oxygens (including phenoxy) is 1. The lowest BCUT2D eigenvalue weighted by molar-refractivity contribution is -0.148. The van der Waals surface area contributed by atoms with E-state index in [0.717, 1.165) is 24.1 Å². The molecule has 2 aromatic rings. The molecule has 0 bridgehead atoms. The quantitative estimate of drug-likeness (QED) is 0.606. The molecule has 2 N–H and O–H groups in total. The first kappa shape index (κ1) is 23.4. The fraction of sp³-hybridized carbons (Fsp3) is 0.435. The van der Waals surface area contributed by atoms with Crippen molar-refractivity contribution in [1.82, 2.24) is 25.1 Å². The molecule has 1 aromatic heterocycles. The SMILES string of the molecule is COC(=O)c1cc(NC(=O)C[C@@H](C)C(=O)N[C@@H]2C(=O)N3CCCN3Cc3ccccc32)n(C)n1. The molecule has 11 heteroatoms. The van der Waals surface area contributed by atoms with Gasteiger partial charge in [0.15, 0.2) is 5.69 Å². The van der Waals surface area contributed by atoms with Crippen LogP contribution < -0.4 is 10.6 Å². The second-order valence-corrected chi connectivity index (χ2v) is 8.53. The summed E-state index contributed by atoms with van der Waals surface area (Å²) >= 11 is 0. The van der Waals surface area contributed by atoms with Crippen molar-refractivity contribution in [1.29, 1.82) is 0 Å². The van der Waals surface area contributed by atoms with Gasteiger partial charge in [-0.1, -0.05) is 31.2 Å². The number of carbonyl (C=O) groups is 4. The highest BCUT2D eigenvalue weighted by Crippen LogP contribution is 2.30. The number of hydrogen-bond donors (Lipinski definition) is 2. The molecule has 1 saturated heterocycles. The van der Waals surface area contributed by atoms with E-state index < -0.39 is 29.7 Å². The molecule has 0 spiro atoms. The minimum Gasteiger partial charge on any atom is -0.464 e. The Hall–Kier alpha value is -3.73. The first-order valence-electron chi connectivity index (χ1n) is 11.1. The van der Waals surface area contributed by atoms with Gasteiger partial charge < -0.3 is 15.4 Å². The average Bonchev–Trinajstić information content (AvgIpc) is 3.40. The Morgan fingerprint density at radius 3 is 2.76 bits per heavy atom. The molecule has 34 heavy (non-hydrogen) atoms. The van der Waals surface area contributed by atoms with Crippen LogP contribution in [0.1, 0.15) is 47.4 Å². The summed E-state index contributed by atoms with van der Waals surface area (Å²) < 4.78 is 5.98. The Morgan fingerprint density at radius 2 is 2.00 bits per heavy atom. The fourth-order valence-electron chi connectivity index (χ4n) is 4.29. The number of hydrogen-bond acceptors (Lipinski definition) is 7. The standard InChI is InChI=1S/C23H28N6O5/c1-14(11-19(30)24-18-12-17(23(33)34-3)26-27(18)2)21(31)25-20-16-8-5-4-7-15(16)13-28-9-6-10-29(28)22(20)32/h4-5,7-8,12,14,20H,6,9-11,13H2,1-3H3,(H,24,30)(H,25,31)/t14-,20+/m1/s1. The van der Waals surface area contributed by atoms with Crippen LogP contribution >= 0.6 is 0 Å². The number of esters is 1. The lowest BCUT2D eigenvalue weighted by atomic mass is 9.98. The smallest absolute Gasteiger partial charge is 0.358 e. The van der Waals surface area contributed by atoms with Crippen molar-refractivity contribution in [2.75, 3.05) is 25.5 Å². The van der Waals surface area contributed by atoms with Crippen LogP contribution in [0.2, 0.25) is 0 Å². The largest absolute Gasteiger partial charge is 0.464 e. The van der Waals surface area contributed by atoms with Gasteiger partial charge in [0.05, 0.1) is 7.11 Å². The van der Waals surface area contributed by atoms with Gasteiger partial charge in [-0.2, -0.15) is 5.10 Å². The number of benzene rings is 1. The molecule has 180 valence electrons. The van der Waals surface area contributed by atoms with Crippen LogP contribution in [0, 0.1) is 5.92 Å². The van der Waals surface area contributed by atoms with Gasteiger partial charge in [0.1, 0.15) is 11.9 Å². The fourth-order valence-corrected chi connectivity index (χ4v) is 4.29. The molecular weight excluding hydrogens is 440 g/mol. The molecule has 0 aliphatic carbocycles. The second-order valence-electron chi connectivity index (χ2n) is 8.53. The number of nitrogens with zero attached hydrogens (tertiary/aromatic N) is 4. The summed E-state index contributed by atoms with van der Waals surface area (Å²) in [5, 5.41) is 13.2. The zero-order chi connectivity index (χ0) is 24.4. The van der Waals surface area contributed by atoms with Gasteiger partial charge in [-0.3, -0.25) is 24.1 Å². The summed E-state index contributed by atoms with van der Waals surface area (Å²) in [4.78, 5) is 50.5. The number of hydrazine groups is 1.